The van der Waals surface area contributed by atoms with Gasteiger partial charge in [-0.05, 0) is 24.3 Å². The second kappa shape index (κ2) is 5.55. The summed E-state index contributed by atoms with van der Waals surface area (Å²) in [6.07, 6.45) is 0. The van der Waals surface area contributed by atoms with Gasteiger partial charge in [-0.2, -0.15) is 0 Å². The smallest absolute Gasteiger partial charge is 0.341 e. The van der Waals surface area contributed by atoms with E-state index in [1.165, 1.54) is 24.3 Å². The number of rotatable bonds is 6. The van der Waals surface area contributed by atoms with Crippen molar-refractivity contribution in [2.75, 3.05) is 19.8 Å². The van der Waals surface area contributed by atoms with Crippen molar-refractivity contribution in [3.05, 3.63) is 24.3 Å². The molecule has 2 rings (SSSR count). The predicted molar refractivity (Wildman–Crippen MR) is 64.5 cm³/mol. The lowest BCUT2D eigenvalue weighted by Crippen LogP contribution is -2.48. The number of nitrogens with one attached hydrogen (secondary N) is 1. The molecule has 0 saturated carbocycles. The van der Waals surface area contributed by atoms with Crippen LogP contribution in [0.4, 0.5) is 0 Å². The van der Waals surface area contributed by atoms with Crippen molar-refractivity contribution >= 4 is 16.0 Å². The number of carboxylic acid groups (broad SMARTS) is 1. The first-order valence-electron chi connectivity index (χ1n) is 5.52. The quantitative estimate of drug-likeness (QED) is 0.753. The summed E-state index contributed by atoms with van der Waals surface area (Å²) < 4.78 is 36.1. The number of hydrogen-bond acceptors (Lipinski definition) is 5. The third kappa shape index (κ3) is 3.66. The van der Waals surface area contributed by atoms with Gasteiger partial charge in [0.2, 0.25) is 10.0 Å². The van der Waals surface area contributed by atoms with Gasteiger partial charge >= 0.3 is 5.97 Å². The molecule has 0 atom stereocenters. The van der Waals surface area contributed by atoms with Gasteiger partial charge in [0.05, 0.1) is 24.2 Å². The van der Waals surface area contributed by atoms with Crippen LogP contribution in [-0.2, 0) is 19.6 Å². The first-order valence-corrected chi connectivity index (χ1v) is 7.00. The predicted octanol–water partition coefficient (Wildman–Crippen LogP) is -0.173. The molecule has 1 aromatic carbocycles. The first kappa shape index (κ1) is 13.8. The third-order valence-corrected chi connectivity index (χ3v) is 3.99. The SMILES string of the molecule is O=C(O)COc1ccc(S(=O)(=O)NC2COC2)cc1. The maximum absolute atomic E-state index is 11.9. The molecule has 0 aromatic heterocycles. The topological polar surface area (TPSA) is 102 Å². The van der Waals surface area contributed by atoms with Gasteiger partial charge in [0.25, 0.3) is 0 Å². The lowest BCUT2D eigenvalue weighted by Gasteiger charge is -2.26. The van der Waals surface area contributed by atoms with E-state index in [0.29, 0.717) is 19.0 Å². The van der Waals surface area contributed by atoms with Crippen molar-refractivity contribution in [2.24, 2.45) is 0 Å². The lowest BCUT2D eigenvalue weighted by atomic mass is 10.3. The fourth-order valence-corrected chi connectivity index (χ4v) is 2.66. The molecule has 1 aliphatic heterocycles. The maximum atomic E-state index is 11.9. The maximum Gasteiger partial charge on any atom is 0.341 e. The Morgan fingerprint density at radius 1 is 1.37 bits per heavy atom. The van der Waals surface area contributed by atoms with Crippen LogP contribution in [0.3, 0.4) is 0 Å². The van der Waals surface area contributed by atoms with Gasteiger partial charge in [0.1, 0.15) is 5.75 Å². The molecule has 1 fully saturated rings. The molecule has 104 valence electrons. The number of carbonyl (C=O) groups is 1. The average molecular weight is 287 g/mol. The van der Waals surface area contributed by atoms with Crippen LogP contribution in [0.2, 0.25) is 0 Å². The summed E-state index contributed by atoms with van der Waals surface area (Å²) >= 11 is 0. The Kier molecular flexibility index (Phi) is 4.03. The highest BCUT2D eigenvalue weighted by atomic mass is 32.2. The van der Waals surface area contributed by atoms with Gasteiger partial charge in [-0.3, -0.25) is 0 Å². The lowest BCUT2D eigenvalue weighted by molar-refractivity contribution is -0.139. The third-order valence-electron chi connectivity index (χ3n) is 2.46. The van der Waals surface area contributed by atoms with Crippen molar-refractivity contribution in [3.63, 3.8) is 0 Å². The van der Waals surface area contributed by atoms with Crippen molar-refractivity contribution in [3.8, 4) is 5.75 Å². The van der Waals surface area contributed by atoms with Crippen LogP contribution < -0.4 is 9.46 Å². The normalized spacial score (nSPS) is 15.8. The minimum atomic E-state index is -3.57. The van der Waals surface area contributed by atoms with Gasteiger partial charge < -0.3 is 14.6 Å². The average Bonchev–Trinajstić information content (AvgIpc) is 2.32. The Balaban J connectivity index is 2.02. The monoisotopic (exact) mass is 287 g/mol. The minimum Gasteiger partial charge on any atom is -0.482 e. The summed E-state index contributed by atoms with van der Waals surface area (Å²) in [6.45, 7) is 0.280. The van der Waals surface area contributed by atoms with Crippen LogP contribution in [0.15, 0.2) is 29.2 Å². The Bertz CT molecular complexity index is 549. The molecule has 0 bridgehead atoms. The summed E-state index contributed by atoms with van der Waals surface area (Å²) in [7, 11) is -3.57. The van der Waals surface area contributed by atoms with Gasteiger partial charge in [-0.15, -0.1) is 0 Å². The van der Waals surface area contributed by atoms with Crippen molar-refractivity contribution in [1.29, 1.82) is 0 Å². The summed E-state index contributed by atoms with van der Waals surface area (Å²) in [4.78, 5) is 10.4. The molecule has 2 N–H and O–H groups in total. The van der Waals surface area contributed by atoms with E-state index in [4.69, 9.17) is 14.6 Å². The van der Waals surface area contributed by atoms with E-state index in [1.807, 2.05) is 0 Å². The van der Waals surface area contributed by atoms with Crippen LogP contribution in [-0.4, -0.2) is 45.4 Å². The van der Waals surface area contributed by atoms with Crippen molar-refractivity contribution in [1.82, 2.24) is 4.72 Å². The van der Waals surface area contributed by atoms with Gasteiger partial charge in [-0.1, -0.05) is 0 Å². The minimum absolute atomic E-state index is 0.0991. The Labute approximate surface area is 110 Å². The van der Waals surface area contributed by atoms with E-state index >= 15 is 0 Å². The first-order chi connectivity index (χ1) is 8.97. The molecule has 1 aromatic rings. The standard InChI is InChI=1S/C11H13NO6S/c13-11(14)7-18-9-1-3-10(4-2-9)19(15,16)12-8-5-17-6-8/h1-4,8,12H,5-7H2,(H,13,14). The van der Waals surface area contributed by atoms with E-state index in [0.717, 1.165) is 0 Å². The van der Waals surface area contributed by atoms with E-state index in [1.54, 1.807) is 0 Å². The zero-order chi connectivity index (χ0) is 13.9. The fraction of sp³-hybridized carbons (Fsp3) is 0.364. The highest BCUT2D eigenvalue weighted by Gasteiger charge is 2.25. The number of carboxylic acids is 1. The fourth-order valence-electron chi connectivity index (χ4n) is 1.45. The second-order valence-corrected chi connectivity index (χ2v) is 5.72. The van der Waals surface area contributed by atoms with Crippen LogP contribution >= 0.6 is 0 Å². The highest BCUT2D eigenvalue weighted by Crippen LogP contribution is 2.17. The number of hydrogen-bond donors (Lipinski definition) is 2. The van der Waals surface area contributed by atoms with Crippen LogP contribution in [0.5, 0.6) is 5.75 Å². The Hall–Kier alpha value is -1.64. The molecule has 1 aliphatic rings. The molecule has 8 heteroatoms. The second-order valence-electron chi connectivity index (χ2n) is 4.01. The Morgan fingerprint density at radius 3 is 2.47 bits per heavy atom. The Morgan fingerprint density at radius 2 is 2.00 bits per heavy atom. The zero-order valence-electron chi connectivity index (χ0n) is 9.90. The molecule has 0 aliphatic carbocycles. The van der Waals surface area contributed by atoms with Gasteiger partial charge in [0.15, 0.2) is 6.61 Å². The van der Waals surface area contributed by atoms with Crippen molar-refractivity contribution in [2.45, 2.75) is 10.9 Å². The summed E-state index contributed by atoms with van der Waals surface area (Å²) in [6, 6.07) is 5.36. The summed E-state index contributed by atoms with van der Waals surface area (Å²) in [5.41, 5.74) is 0. The van der Waals surface area contributed by atoms with Gasteiger partial charge in [-0.25, -0.2) is 17.9 Å². The molecule has 0 spiro atoms. The van der Waals surface area contributed by atoms with E-state index in [-0.39, 0.29) is 10.9 Å². The van der Waals surface area contributed by atoms with E-state index < -0.39 is 22.6 Å². The molecule has 1 saturated heterocycles. The number of aliphatic carboxylic acids is 1. The molecule has 0 amide bonds. The molecule has 7 nitrogen and oxygen atoms in total. The molecule has 1 heterocycles. The highest BCUT2D eigenvalue weighted by molar-refractivity contribution is 7.89. The van der Waals surface area contributed by atoms with Crippen LogP contribution in [0, 0.1) is 0 Å². The van der Waals surface area contributed by atoms with E-state index in [9.17, 15) is 13.2 Å². The molecular weight excluding hydrogens is 274 g/mol. The van der Waals surface area contributed by atoms with E-state index in [2.05, 4.69) is 4.72 Å². The number of benzene rings is 1. The zero-order valence-corrected chi connectivity index (χ0v) is 10.7. The number of ether oxygens (including phenoxy) is 2. The molecule has 19 heavy (non-hydrogen) atoms. The summed E-state index contributed by atoms with van der Waals surface area (Å²) in [5.74, 6) is -0.795. The molecular formula is C11H13NO6S. The summed E-state index contributed by atoms with van der Waals surface area (Å²) in [5, 5.41) is 8.45. The van der Waals surface area contributed by atoms with Gasteiger partial charge in [0, 0.05) is 0 Å². The molecule has 0 unspecified atom stereocenters. The van der Waals surface area contributed by atoms with Crippen LogP contribution in [0.1, 0.15) is 0 Å². The number of sulfonamides is 1. The van der Waals surface area contributed by atoms with Crippen LogP contribution in [0.25, 0.3) is 0 Å². The largest absolute Gasteiger partial charge is 0.482 e. The molecule has 0 radical (unpaired) electrons. The van der Waals surface area contributed by atoms with Crippen molar-refractivity contribution < 1.29 is 27.8 Å².